The van der Waals surface area contributed by atoms with Gasteiger partial charge in [0.15, 0.2) is 0 Å². The first-order chi connectivity index (χ1) is 9.02. The highest BCUT2D eigenvalue weighted by Gasteiger charge is 2.30. The van der Waals surface area contributed by atoms with Crippen LogP contribution in [-0.4, -0.2) is 45.7 Å². The van der Waals surface area contributed by atoms with Crippen molar-refractivity contribution in [1.29, 1.82) is 0 Å². The maximum Gasteiger partial charge on any atom is 0.332 e. The second kappa shape index (κ2) is 5.35. The zero-order chi connectivity index (χ0) is 14.0. The second-order valence-electron chi connectivity index (χ2n) is 4.48. The number of nitro groups is 1. The van der Waals surface area contributed by atoms with Crippen LogP contribution in [0.2, 0.25) is 0 Å². The Morgan fingerprint density at radius 3 is 2.84 bits per heavy atom. The Morgan fingerprint density at radius 2 is 2.32 bits per heavy atom. The van der Waals surface area contributed by atoms with Gasteiger partial charge in [-0.15, -0.1) is 0 Å². The highest BCUT2D eigenvalue weighted by molar-refractivity contribution is 5.63. The summed E-state index contributed by atoms with van der Waals surface area (Å²) in [7, 11) is 0. The van der Waals surface area contributed by atoms with E-state index >= 15 is 0 Å². The predicted molar refractivity (Wildman–Crippen MR) is 70.4 cm³/mol. The first-order valence-electron chi connectivity index (χ1n) is 6.22. The molecule has 8 nitrogen and oxygen atoms in total. The molecule has 2 N–H and O–H groups in total. The van der Waals surface area contributed by atoms with Crippen molar-refractivity contribution < 1.29 is 10.0 Å². The van der Waals surface area contributed by atoms with E-state index in [0.29, 0.717) is 37.7 Å². The Labute approximate surface area is 110 Å². The van der Waals surface area contributed by atoms with Crippen LogP contribution < -0.4 is 10.2 Å². The fourth-order valence-corrected chi connectivity index (χ4v) is 2.16. The third-order valence-electron chi connectivity index (χ3n) is 3.02. The van der Waals surface area contributed by atoms with Crippen LogP contribution >= 0.6 is 0 Å². The van der Waals surface area contributed by atoms with Crippen molar-refractivity contribution in [3.8, 4) is 0 Å². The van der Waals surface area contributed by atoms with Gasteiger partial charge in [-0.25, -0.2) is 4.98 Å². The van der Waals surface area contributed by atoms with Crippen LogP contribution in [0.4, 0.5) is 17.5 Å². The Morgan fingerprint density at radius 1 is 1.58 bits per heavy atom. The lowest BCUT2D eigenvalue weighted by atomic mass is 10.3. The fraction of sp³-hybridized carbons (Fsp3) is 0.636. The smallest absolute Gasteiger partial charge is 0.332 e. The SMILES string of the molecule is CCNc1nc(C)c([N+](=O)[O-])c(N2CCC(O)C2)n1. The summed E-state index contributed by atoms with van der Waals surface area (Å²) in [6, 6.07) is 0. The molecule has 1 atom stereocenters. The summed E-state index contributed by atoms with van der Waals surface area (Å²) >= 11 is 0. The standard InChI is InChI=1S/C11H17N5O3/c1-3-12-11-13-7(2)9(16(18)19)10(14-11)15-5-4-8(17)6-15/h8,17H,3-6H2,1-2H3,(H,12,13,14). The maximum absolute atomic E-state index is 11.2. The average molecular weight is 267 g/mol. The maximum atomic E-state index is 11.2. The van der Waals surface area contributed by atoms with E-state index in [1.165, 1.54) is 0 Å². The van der Waals surface area contributed by atoms with E-state index in [9.17, 15) is 15.2 Å². The van der Waals surface area contributed by atoms with E-state index < -0.39 is 11.0 Å². The summed E-state index contributed by atoms with van der Waals surface area (Å²) < 4.78 is 0. The number of aryl methyl sites for hydroxylation is 1. The number of hydrogen-bond donors (Lipinski definition) is 2. The number of β-amino-alcohol motifs (C(OH)–C–C–N with tert-alkyl or cyclic N) is 1. The lowest BCUT2D eigenvalue weighted by molar-refractivity contribution is -0.385. The van der Waals surface area contributed by atoms with Crippen molar-refractivity contribution in [1.82, 2.24) is 9.97 Å². The third-order valence-corrected chi connectivity index (χ3v) is 3.02. The normalized spacial score (nSPS) is 18.7. The minimum absolute atomic E-state index is 0.0873. The summed E-state index contributed by atoms with van der Waals surface area (Å²) in [6.07, 6.45) is 0.133. The Kier molecular flexibility index (Phi) is 3.79. The molecule has 8 heteroatoms. The van der Waals surface area contributed by atoms with Gasteiger partial charge in [0, 0.05) is 19.6 Å². The summed E-state index contributed by atoms with van der Waals surface area (Å²) in [4.78, 5) is 20.7. The van der Waals surface area contributed by atoms with Crippen molar-refractivity contribution >= 4 is 17.5 Å². The predicted octanol–water partition coefficient (Wildman–Crippen LogP) is 0.696. The van der Waals surface area contributed by atoms with E-state index in [-0.39, 0.29) is 11.5 Å². The molecule has 1 aliphatic rings. The molecule has 104 valence electrons. The van der Waals surface area contributed by atoms with Gasteiger partial charge < -0.3 is 15.3 Å². The van der Waals surface area contributed by atoms with Crippen LogP contribution in [0.1, 0.15) is 19.0 Å². The zero-order valence-corrected chi connectivity index (χ0v) is 11.0. The second-order valence-corrected chi connectivity index (χ2v) is 4.48. The number of rotatable bonds is 4. The summed E-state index contributed by atoms with van der Waals surface area (Å²) in [5.41, 5.74) is 0.239. The molecular formula is C11H17N5O3. The van der Waals surface area contributed by atoms with Crippen LogP contribution in [0, 0.1) is 17.0 Å². The van der Waals surface area contributed by atoms with Gasteiger partial charge in [-0.1, -0.05) is 0 Å². The number of aliphatic hydroxyl groups is 1. The molecule has 2 rings (SSSR count). The molecule has 1 saturated heterocycles. The molecule has 1 aromatic rings. The summed E-state index contributed by atoms with van der Waals surface area (Å²) in [6.45, 7) is 5.06. The minimum Gasteiger partial charge on any atom is -0.391 e. The number of hydrogen-bond acceptors (Lipinski definition) is 7. The van der Waals surface area contributed by atoms with Crippen LogP contribution in [0.5, 0.6) is 0 Å². The van der Waals surface area contributed by atoms with Gasteiger partial charge in [-0.2, -0.15) is 4.98 Å². The van der Waals surface area contributed by atoms with Gasteiger partial charge in [0.1, 0.15) is 5.69 Å². The first-order valence-corrected chi connectivity index (χ1v) is 6.22. The molecule has 1 aliphatic heterocycles. The van der Waals surface area contributed by atoms with E-state index in [0.717, 1.165) is 0 Å². The largest absolute Gasteiger partial charge is 0.391 e. The topological polar surface area (TPSA) is 104 Å². The molecule has 0 saturated carbocycles. The van der Waals surface area contributed by atoms with E-state index in [1.54, 1.807) is 11.8 Å². The van der Waals surface area contributed by atoms with Gasteiger partial charge in [0.25, 0.3) is 0 Å². The monoisotopic (exact) mass is 267 g/mol. The number of aromatic nitrogens is 2. The Hall–Kier alpha value is -1.96. The molecule has 2 heterocycles. The molecule has 0 radical (unpaired) electrons. The number of anilines is 2. The molecule has 0 spiro atoms. The molecule has 0 amide bonds. The quantitative estimate of drug-likeness (QED) is 0.611. The Bertz CT molecular complexity index is 493. The molecule has 19 heavy (non-hydrogen) atoms. The molecular weight excluding hydrogens is 250 g/mol. The Balaban J connectivity index is 2.45. The third kappa shape index (κ3) is 2.73. The van der Waals surface area contributed by atoms with Crippen LogP contribution in [0.3, 0.4) is 0 Å². The molecule has 0 aliphatic carbocycles. The lowest BCUT2D eigenvalue weighted by Gasteiger charge is -2.18. The minimum atomic E-state index is -0.467. The van der Waals surface area contributed by atoms with Crippen LogP contribution in [0.15, 0.2) is 0 Å². The summed E-state index contributed by atoms with van der Waals surface area (Å²) in [5.74, 6) is 0.659. The lowest BCUT2D eigenvalue weighted by Crippen LogP contribution is -2.24. The molecule has 1 fully saturated rings. The first kappa shape index (κ1) is 13.5. The van der Waals surface area contributed by atoms with Gasteiger partial charge >= 0.3 is 5.69 Å². The van der Waals surface area contributed by atoms with Crippen molar-refractivity contribution in [2.75, 3.05) is 29.9 Å². The molecule has 0 bridgehead atoms. The van der Waals surface area contributed by atoms with Crippen molar-refractivity contribution in [3.63, 3.8) is 0 Å². The molecule has 1 unspecified atom stereocenters. The van der Waals surface area contributed by atoms with Gasteiger partial charge in [-0.05, 0) is 20.3 Å². The number of aliphatic hydroxyl groups excluding tert-OH is 1. The van der Waals surface area contributed by atoms with E-state index in [1.807, 2.05) is 6.92 Å². The van der Waals surface area contributed by atoms with Crippen LogP contribution in [0.25, 0.3) is 0 Å². The fourth-order valence-electron chi connectivity index (χ4n) is 2.16. The van der Waals surface area contributed by atoms with Crippen molar-refractivity contribution in [2.45, 2.75) is 26.4 Å². The number of nitrogens with one attached hydrogen (secondary N) is 1. The molecule has 1 aromatic heterocycles. The zero-order valence-electron chi connectivity index (χ0n) is 11.0. The van der Waals surface area contributed by atoms with Crippen molar-refractivity contribution in [2.24, 2.45) is 0 Å². The molecule has 0 aromatic carbocycles. The van der Waals surface area contributed by atoms with Gasteiger partial charge in [-0.3, -0.25) is 10.1 Å². The van der Waals surface area contributed by atoms with E-state index in [4.69, 9.17) is 0 Å². The highest BCUT2D eigenvalue weighted by atomic mass is 16.6. The van der Waals surface area contributed by atoms with E-state index in [2.05, 4.69) is 15.3 Å². The highest BCUT2D eigenvalue weighted by Crippen LogP contribution is 2.31. The average Bonchev–Trinajstić information content (AvgIpc) is 2.75. The summed E-state index contributed by atoms with van der Waals surface area (Å²) in [5, 5.41) is 23.7. The number of nitrogens with zero attached hydrogens (tertiary/aromatic N) is 4. The van der Waals surface area contributed by atoms with Gasteiger partial charge in [0.2, 0.25) is 11.8 Å². The van der Waals surface area contributed by atoms with Crippen molar-refractivity contribution in [3.05, 3.63) is 15.8 Å². The van der Waals surface area contributed by atoms with Gasteiger partial charge in [0.05, 0.1) is 11.0 Å². The van der Waals surface area contributed by atoms with Crippen LogP contribution in [-0.2, 0) is 0 Å².